The molecule has 0 bridgehead atoms. The van der Waals surface area contributed by atoms with Crippen LogP contribution in [0.25, 0.3) is 0 Å². The molecule has 0 aliphatic carbocycles. The number of amides is 2. The van der Waals surface area contributed by atoms with Gasteiger partial charge in [0.2, 0.25) is 5.91 Å². The predicted molar refractivity (Wildman–Crippen MR) is 82.2 cm³/mol. The molecule has 0 aromatic heterocycles. The predicted octanol–water partition coefficient (Wildman–Crippen LogP) is 4.00. The number of likely N-dealkylation sites (tertiary alicyclic amines) is 1. The molecule has 0 N–H and O–H groups in total. The number of rotatable bonds is 9. The summed E-state index contributed by atoms with van der Waals surface area (Å²) in [7, 11) is 0. The fraction of sp³-hybridized carbons (Fsp3) is 0.647. The number of allylic oxidation sites excluding steroid dienone is 2. The molecule has 20 heavy (non-hydrogen) atoms. The molecule has 1 rings (SSSR count). The van der Waals surface area contributed by atoms with E-state index in [1.54, 1.807) is 0 Å². The number of hydrogen-bond donors (Lipinski definition) is 0. The van der Waals surface area contributed by atoms with Crippen molar-refractivity contribution in [2.24, 2.45) is 0 Å². The van der Waals surface area contributed by atoms with Crippen LogP contribution >= 0.6 is 0 Å². The molecule has 112 valence electrons. The molecule has 0 unspecified atom stereocenters. The lowest BCUT2D eigenvalue weighted by Gasteiger charge is -2.32. The number of unbranched alkanes of at least 4 members (excludes halogenated alkanes) is 6. The van der Waals surface area contributed by atoms with Crippen LogP contribution in [0.2, 0.25) is 0 Å². The first-order valence-corrected chi connectivity index (χ1v) is 7.70. The minimum absolute atomic E-state index is 0.00772. The molecule has 0 spiro atoms. The second kappa shape index (κ2) is 8.72. The van der Waals surface area contributed by atoms with Crippen molar-refractivity contribution in [3.8, 4) is 0 Å². The van der Waals surface area contributed by atoms with E-state index in [1.165, 1.54) is 30.6 Å². The lowest BCUT2D eigenvalue weighted by atomic mass is 10.0. The molecule has 0 saturated carbocycles. The molecule has 1 heterocycles. The summed E-state index contributed by atoms with van der Waals surface area (Å²) in [4.78, 5) is 25.0. The summed E-state index contributed by atoms with van der Waals surface area (Å²) in [6, 6.07) is 0. The van der Waals surface area contributed by atoms with Crippen LogP contribution in [0.3, 0.4) is 0 Å². The third-order valence-electron chi connectivity index (χ3n) is 3.77. The highest BCUT2D eigenvalue weighted by atomic mass is 16.2. The zero-order valence-electron chi connectivity index (χ0n) is 12.9. The van der Waals surface area contributed by atoms with Gasteiger partial charge in [-0.3, -0.25) is 14.5 Å². The van der Waals surface area contributed by atoms with Gasteiger partial charge >= 0.3 is 0 Å². The quantitative estimate of drug-likeness (QED) is 0.276. The first kappa shape index (κ1) is 16.7. The summed E-state index contributed by atoms with van der Waals surface area (Å²) in [5.41, 5.74) is 1.83. The van der Waals surface area contributed by atoms with E-state index >= 15 is 0 Å². The summed E-state index contributed by atoms with van der Waals surface area (Å²) < 4.78 is 0. The Kier molecular flexibility index (Phi) is 7.27. The molecule has 1 saturated heterocycles. The Bertz CT molecular complexity index is 392. The van der Waals surface area contributed by atoms with Gasteiger partial charge in [-0.25, -0.2) is 0 Å². The van der Waals surface area contributed by atoms with E-state index in [2.05, 4.69) is 6.58 Å². The van der Waals surface area contributed by atoms with Crippen LogP contribution in [-0.2, 0) is 9.59 Å². The van der Waals surface area contributed by atoms with E-state index in [4.69, 9.17) is 0 Å². The Morgan fingerprint density at radius 1 is 1.15 bits per heavy atom. The molecule has 0 aromatic rings. The minimum Gasteiger partial charge on any atom is -0.274 e. The topological polar surface area (TPSA) is 37.4 Å². The van der Waals surface area contributed by atoms with Crippen molar-refractivity contribution in [2.45, 2.75) is 65.2 Å². The summed E-state index contributed by atoms with van der Waals surface area (Å²) in [6.07, 6.45) is 10.4. The molecule has 2 amide bonds. The van der Waals surface area contributed by atoms with Crippen molar-refractivity contribution in [1.29, 1.82) is 0 Å². The van der Waals surface area contributed by atoms with Crippen molar-refractivity contribution < 1.29 is 9.59 Å². The first-order chi connectivity index (χ1) is 9.57. The largest absolute Gasteiger partial charge is 0.274 e. The zero-order chi connectivity index (χ0) is 15.0. The molecular weight excluding hydrogens is 250 g/mol. The van der Waals surface area contributed by atoms with Gasteiger partial charge in [0.1, 0.15) is 0 Å². The maximum absolute atomic E-state index is 11.8. The van der Waals surface area contributed by atoms with E-state index < -0.39 is 0 Å². The Balaban J connectivity index is 2.06. The van der Waals surface area contributed by atoms with Crippen molar-refractivity contribution in [2.75, 3.05) is 6.54 Å². The maximum Gasteiger partial charge on any atom is 0.258 e. The highest BCUT2D eigenvalue weighted by Crippen LogP contribution is 2.21. The second-order valence-electron chi connectivity index (χ2n) is 5.71. The zero-order valence-corrected chi connectivity index (χ0v) is 12.9. The fourth-order valence-corrected chi connectivity index (χ4v) is 2.35. The lowest BCUT2D eigenvalue weighted by molar-refractivity contribution is -0.147. The van der Waals surface area contributed by atoms with Crippen LogP contribution < -0.4 is 0 Å². The van der Waals surface area contributed by atoms with Gasteiger partial charge in [-0.1, -0.05) is 37.3 Å². The summed E-state index contributed by atoms with van der Waals surface area (Å²) >= 11 is 0. The Labute approximate surface area is 122 Å². The van der Waals surface area contributed by atoms with Gasteiger partial charge < -0.3 is 0 Å². The Hall–Kier alpha value is -1.38. The van der Waals surface area contributed by atoms with E-state index in [9.17, 15) is 9.59 Å². The van der Waals surface area contributed by atoms with Crippen molar-refractivity contribution in [1.82, 2.24) is 4.90 Å². The molecular formula is C17H27NO2. The SMILES string of the molecule is C=CCCCCCCCCC(=O)N1CC(=C(C)C)C1=O. The minimum atomic E-state index is -0.0839. The fourth-order valence-electron chi connectivity index (χ4n) is 2.35. The number of carbonyl (C=O) groups is 2. The monoisotopic (exact) mass is 277 g/mol. The molecule has 3 nitrogen and oxygen atoms in total. The summed E-state index contributed by atoms with van der Waals surface area (Å²) in [5.74, 6) is -0.0916. The molecule has 1 aliphatic rings. The van der Waals surface area contributed by atoms with Gasteiger partial charge in [0, 0.05) is 12.0 Å². The first-order valence-electron chi connectivity index (χ1n) is 7.70. The van der Waals surface area contributed by atoms with Gasteiger partial charge in [-0.05, 0) is 33.1 Å². The molecule has 1 fully saturated rings. The highest BCUT2D eigenvalue weighted by molar-refractivity contribution is 6.11. The number of hydrogen-bond acceptors (Lipinski definition) is 2. The van der Waals surface area contributed by atoms with Crippen LogP contribution in [0.5, 0.6) is 0 Å². The van der Waals surface area contributed by atoms with Crippen LogP contribution in [0.1, 0.15) is 65.2 Å². The highest BCUT2D eigenvalue weighted by Gasteiger charge is 2.35. The van der Waals surface area contributed by atoms with Gasteiger partial charge in [0.05, 0.1) is 6.54 Å². The van der Waals surface area contributed by atoms with Gasteiger partial charge in [0.15, 0.2) is 0 Å². The number of β-lactam (4-membered cyclic amide) rings is 1. The summed E-state index contributed by atoms with van der Waals surface area (Å²) in [5, 5.41) is 0. The van der Waals surface area contributed by atoms with Crippen LogP contribution in [0, 0.1) is 0 Å². The van der Waals surface area contributed by atoms with Crippen molar-refractivity contribution in [3.05, 3.63) is 23.8 Å². The van der Waals surface area contributed by atoms with E-state index in [-0.39, 0.29) is 11.8 Å². The summed E-state index contributed by atoms with van der Waals surface area (Å²) in [6.45, 7) is 8.06. The van der Waals surface area contributed by atoms with Crippen LogP contribution in [0.4, 0.5) is 0 Å². The van der Waals surface area contributed by atoms with E-state index in [0.717, 1.165) is 30.4 Å². The van der Waals surface area contributed by atoms with Crippen molar-refractivity contribution >= 4 is 11.8 Å². The number of nitrogens with zero attached hydrogens (tertiary/aromatic N) is 1. The smallest absolute Gasteiger partial charge is 0.258 e. The van der Waals surface area contributed by atoms with E-state index in [1.807, 2.05) is 19.9 Å². The molecule has 1 aliphatic heterocycles. The van der Waals surface area contributed by atoms with Crippen LogP contribution in [-0.4, -0.2) is 23.3 Å². The molecule has 3 heteroatoms. The Morgan fingerprint density at radius 2 is 1.75 bits per heavy atom. The molecule has 0 radical (unpaired) electrons. The maximum atomic E-state index is 11.8. The third kappa shape index (κ3) is 4.95. The standard InChI is InChI=1S/C17H27NO2/c1-4-5-6-7-8-9-10-11-12-16(19)18-13-15(14(2)3)17(18)20/h4H,1,5-13H2,2-3H3. The molecule has 0 aromatic carbocycles. The van der Waals surface area contributed by atoms with Crippen LogP contribution in [0.15, 0.2) is 23.8 Å². The average Bonchev–Trinajstić information content (AvgIpc) is 2.39. The van der Waals surface area contributed by atoms with Gasteiger partial charge in [-0.2, -0.15) is 0 Å². The number of carbonyl (C=O) groups excluding carboxylic acids is 2. The normalized spacial score (nSPS) is 14.2. The lowest BCUT2D eigenvalue weighted by Crippen LogP contribution is -2.50. The van der Waals surface area contributed by atoms with Crippen molar-refractivity contribution in [3.63, 3.8) is 0 Å². The van der Waals surface area contributed by atoms with E-state index in [0.29, 0.717) is 13.0 Å². The number of imide groups is 1. The second-order valence-corrected chi connectivity index (χ2v) is 5.71. The Morgan fingerprint density at radius 3 is 2.30 bits per heavy atom. The van der Waals surface area contributed by atoms with Gasteiger partial charge in [-0.15, -0.1) is 6.58 Å². The average molecular weight is 277 g/mol. The third-order valence-corrected chi connectivity index (χ3v) is 3.77. The van der Waals surface area contributed by atoms with Gasteiger partial charge in [0.25, 0.3) is 5.91 Å². The molecule has 0 atom stereocenters.